The van der Waals surface area contributed by atoms with Crippen LogP contribution in [-0.4, -0.2) is 30.8 Å². The summed E-state index contributed by atoms with van der Waals surface area (Å²) in [6.45, 7) is 6.34. The molecule has 0 rings (SSSR count). The second-order valence-electron chi connectivity index (χ2n) is 3.99. The van der Waals surface area contributed by atoms with Crippen LogP contribution in [0.4, 0.5) is 0 Å². The van der Waals surface area contributed by atoms with Crippen LogP contribution in [0.15, 0.2) is 0 Å². The summed E-state index contributed by atoms with van der Waals surface area (Å²) >= 11 is 5.27. The van der Waals surface area contributed by atoms with E-state index in [-0.39, 0.29) is 17.7 Å². The highest BCUT2D eigenvalue weighted by Crippen LogP contribution is 2.11. The molecule has 0 radical (unpaired) electrons. The Balaban J connectivity index is 3.56. The highest BCUT2D eigenvalue weighted by molar-refractivity contribution is 6.27. The van der Waals surface area contributed by atoms with E-state index in [9.17, 15) is 9.59 Å². The second kappa shape index (κ2) is 5.86. The van der Waals surface area contributed by atoms with Crippen LogP contribution in [0.3, 0.4) is 0 Å². The van der Waals surface area contributed by atoms with E-state index in [0.29, 0.717) is 13.1 Å². The lowest BCUT2D eigenvalue weighted by molar-refractivity contribution is -0.128. The van der Waals surface area contributed by atoms with Gasteiger partial charge in [0.1, 0.15) is 5.88 Å². The molecule has 5 heteroatoms. The Bertz CT molecular complexity index is 211. The van der Waals surface area contributed by atoms with Crippen molar-refractivity contribution < 1.29 is 9.59 Å². The molecule has 4 nitrogen and oxygen atoms in total. The molecule has 0 saturated heterocycles. The van der Waals surface area contributed by atoms with Gasteiger partial charge in [0.2, 0.25) is 11.8 Å². The largest absolute Gasteiger partial charge is 0.354 e. The van der Waals surface area contributed by atoms with E-state index < -0.39 is 5.41 Å². The summed E-state index contributed by atoms with van der Waals surface area (Å²) in [7, 11) is 0. The minimum atomic E-state index is -0.392. The molecule has 0 aromatic carbocycles. The van der Waals surface area contributed by atoms with Crippen LogP contribution in [0.1, 0.15) is 20.8 Å². The van der Waals surface area contributed by atoms with Gasteiger partial charge < -0.3 is 10.6 Å². The lowest BCUT2D eigenvalue weighted by Crippen LogP contribution is -2.40. The number of hydrogen-bond donors (Lipinski definition) is 2. The van der Waals surface area contributed by atoms with Gasteiger partial charge in [-0.3, -0.25) is 9.59 Å². The standard InChI is InChI=1S/C9H17ClN2O2/c1-9(2,3)8(14)12-5-4-11-7(13)6-10/h4-6H2,1-3H3,(H,11,13)(H,12,14). The first-order valence-corrected chi connectivity index (χ1v) is 5.02. The van der Waals surface area contributed by atoms with E-state index >= 15 is 0 Å². The van der Waals surface area contributed by atoms with Crippen molar-refractivity contribution >= 4 is 23.4 Å². The number of nitrogens with one attached hydrogen (secondary N) is 2. The summed E-state index contributed by atoms with van der Waals surface area (Å²) in [4.78, 5) is 22.0. The Morgan fingerprint density at radius 3 is 2.07 bits per heavy atom. The molecule has 0 aromatic heterocycles. The van der Waals surface area contributed by atoms with Crippen LogP contribution >= 0.6 is 11.6 Å². The van der Waals surface area contributed by atoms with Crippen molar-refractivity contribution in [3.8, 4) is 0 Å². The van der Waals surface area contributed by atoms with Crippen molar-refractivity contribution in [2.75, 3.05) is 19.0 Å². The van der Waals surface area contributed by atoms with Crippen molar-refractivity contribution in [3.63, 3.8) is 0 Å². The Labute approximate surface area is 89.4 Å². The van der Waals surface area contributed by atoms with Crippen LogP contribution in [0.2, 0.25) is 0 Å². The molecule has 0 unspecified atom stereocenters. The van der Waals surface area contributed by atoms with Gasteiger partial charge >= 0.3 is 0 Å². The summed E-state index contributed by atoms with van der Waals surface area (Å²) < 4.78 is 0. The van der Waals surface area contributed by atoms with Gasteiger partial charge in [0.25, 0.3) is 0 Å². The maximum absolute atomic E-state index is 11.3. The molecule has 0 aromatic rings. The summed E-state index contributed by atoms with van der Waals surface area (Å²) in [5.41, 5.74) is -0.392. The Morgan fingerprint density at radius 1 is 1.14 bits per heavy atom. The molecule has 0 aliphatic carbocycles. The molecule has 14 heavy (non-hydrogen) atoms. The first kappa shape index (κ1) is 13.2. The maximum Gasteiger partial charge on any atom is 0.234 e. The third kappa shape index (κ3) is 5.80. The smallest absolute Gasteiger partial charge is 0.234 e. The maximum atomic E-state index is 11.3. The molecule has 0 atom stereocenters. The molecule has 0 aliphatic rings. The van der Waals surface area contributed by atoms with E-state index in [2.05, 4.69) is 10.6 Å². The number of hydrogen-bond acceptors (Lipinski definition) is 2. The Hall–Kier alpha value is -0.770. The summed E-state index contributed by atoms with van der Waals surface area (Å²) in [6, 6.07) is 0. The molecule has 0 heterocycles. The van der Waals surface area contributed by atoms with Crippen LogP contribution in [0.5, 0.6) is 0 Å². The number of halogens is 1. The number of alkyl halides is 1. The quantitative estimate of drug-likeness (QED) is 0.536. The summed E-state index contributed by atoms with van der Waals surface area (Å²) in [5, 5.41) is 5.26. The lowest BCUT2D eigenvalue weighted by atomic mass is 9.96. The third-order valence-electron chi connectivity index (χ3n) is 1.54. The molecule has 0 bridgehead atoms. The van der Waals surface area contributed by atoms with Gasteiger partial charge in [-0.1, -0.05) is 20.8 Å². The SMILES string of the molecule is CC(C)(C)C(=O)NCCNC(=O)CCl. The molecule has 2 amide bonds. The van der Waals surface area contributed by atoms with Crippen LogP contribution < -0.4 is 10.6 Å². The fourth-order valence-corrected chi connectivity index (χ4v) is 0.785. The lowest BCUT2D eigenvalue weighted by Gasteiger charge is -2.17. The van der Waals surface area contributed by atoms with Crippen molar-refractivity contribution in [2.24, 2.45) is 5.41 Å². The van der Waals surface area contributed by atoms with Crippen LogP contribution in [-0.2, 0) is 9.59 Å². The van der Waals surface area contributed by atoms with Gasteiger partial charge in [-0.2, -0.15) is 0 Å². The molecule has 0 fully saturated rings. The second-order valence-corrected chi connectivity index (χ2v) is 4.26. The van der Waals surface area contributed by atoms with E-state index in [4.69, 9.17) is 11.6 Å². The fourth-order valence-electron chi connectivity index (χ4n) is 0.690. The van der Waals surface area contributed by atoms with Gasteiger partial charge in [-0.05, 0) is 0 Å². The van der Waals surface area contributed by atoms with E-state index in [1.54, 1.807) is 0 Å². The van der Waals surface area contributed by atoms with Crippen molar-refractivity contribution in [1.82, 2.24) is 10.6 Å². The van der Waals surface area contributed by atoms with Crippen molar-refractivity contribution in [3.05, 3.63) is 0 Å². The van der Waals surface area contributed by atoms with Gasteiger partial charge in [-0.15, -0.1) is 11.6 Å². The topological polar surface area (TPSA) is 58.2 Å². The number of rotatable bonds is 4. The predicted octanol–water partition coefficient (Wildman–Crippen LogP) is 0.504. The monoisotopic (exact) mass is 220 g/mol. The number of carbonyl (C=O) groups excluding carboxylic acids is 2. The molecular weight excluding hydrogens is 204 g/mol. The third-order valence-corrected chi connectivity index (χ3v) is 1.78. The van der Waals surface area contributed by atoms with E-state index in [1.165, 1.54) is 0 Å². The molecular formula is C9H17ClN2O2. The Kier molecular flexibility index (Phi) is 5.53. The number of carbonyl (C=O) groups is 2. The van der Waals surface area contributed by atoms with Gasteiger partial charge in [-0.25, -0.2) is 0 Å². The van der Waals surface area contributed by atoms with E-state index in [1.807, 2.05) is 20.8 Å². The zero-order valence-corrected chi connectivity index (χ0v) is 9.57. The highest BCUT2D eigenvalue weighted by atomic mass is 35.5. The average Bonchev–Trinajstić information content (AvgIpc) is 2.09. The first-order valence-electron chi connectivity index (χ1n) is 4.49. The molecule has 0 spiro atoms. The molecule has 0 saturated carbocycles. The van der Waals surface area contributed by atoms with Gasteiger partial charge in [0, 0.05) is 18.5 Å². The minimum absolute atomic E-state index is 0.0300. The Morgan fingerprint density at radius 2 is 1.64 bits per heavy atom. The first-order chi connectivity index (χ1) is 6.38. The molecule has 2 N–H and O–H groups in total. The molecule has 0 aliphatic heterocycles. The van der Waals surface area contributed by atoms with Crippen LogP contribution in [0.25, 0.3) is 0 Å². The fraction of sp³-hybridized carbons (Fsp3) is 0.778. The number of amides is 2. The molecule has 82 valence electrons. The highest BCUT2D eigenvalue weighted by Gasteiger charge is 2.20. The normalized spacial score (nSPS) is 10.9. The average molecular weight is 221 g/mol. The van der Waals surface area contributed by atoms with Crippen molar-refractivity contribution in [2.45, 2.75) is 20.8 Å². The zero-order chi connectivity index (χ0) is 11.2. The predicted molar refractivity (Wildman–Crippen MR) is 56.2 cm³/mol. The van der Waals surface area contributed by atoms with Gasteiger partial charge in [0.15, 0.2) is 0 Å². The summed E-state index contributed by atoms with van der Waals surface area (Å²) in [6.07, 6.45) is 0. The minimum Gasteiger partial charge on any atom is -0.354 e. The zero-order valence-electron chi connectivity index (χ0n) is 8.82. The van der Waals surface area contributed by atoms with Crippen molar-refractivity contribution in [1.29, 1.82) is 0 Å². The van der Waals surface area contributed by atoms with Gasteiger partial charge in [0.05, 0.1) is 0 Å². The van der Waals surface area contributed by atoms with Crippen LogP contribution in [0, 0.1) is 5.41 Å². The summed E-state index contributed by atoms with van der Waals surface area (Å²) in [5.74, 6) is -0.304. The van der Waals surface area contributed by atoms with E-state index in [0.717, 1.165) is 0 Å².